The molecule has 8 nitrogen and oxygen atoms in total. The van der Waals surface area contributed by atoms with E-state index in [1.807, 2.05) is 6.07 Å². The third kappa shape index (κ3) is 4.58. The van der Waals surface area contributed by atoms with Crippen LogP contribution in [-0.2, 0) is 23.0 Å². The summed E-state index contributed by atoms with van der Waals surface area (Å²) in [5.41, 5.74) is 3.58. The number of H-pyrrole nitrogens is 1. The highest BCUT2D eigenvalue weighted by atomic mass is 32.2. The van der Waals surface area contributed by atoms with E-state index in [9.17, 15) is 18.0 Å². The van der Waals surface area contributed by atoms with Crippen molar-refractivity contribution in [1.29, 1.82) is 0 Å². The molecule has 9 heteroatoms. The number of carbonyl (C=O) groups excluding carboxylic acids is 1. The number of pyridine rings is 1. The van der Waals surface area contributed by atoms with Gasteiger partial charge in [0.05, 0.1) is 10.5 Å². The minimum absolute atomic E-state index is 0.0867. The first-order valence-corrected chi connectivity index (χ1v) is 13.0. The molecule has 4 rings (SSSR count). The van der Waals surface area contributed by atoms with Crippen LogP contribution in [0.5, 0.6) is 0 Å². The number of amides is 1. The van der Waals surface area contributed by atoms with E-state index in [1.165, 1.54) is 39.8 Å². The van der Waals surface area contributed by atoms with Crippen LogP contribution < -0.4 is 15.8 Å². The largest absolute Gasteiger partial charge is 0.374 e. The maximum Gasteiger partial charge on any atom is 0.252 e. The SMILES string of the molecule is CCN(CC)S(=O)(=O)c1ccc2[nH]c(=O)cc(C(=O)NCc3ccc4c(c3)CCCN4C)c2c1. The summed E-state index contributed by atoms with van der Waals surface area (Å²) in [5.74, 6) is -0.427. The molecule has 34 heavy (non-hydrogen) atoms. The number of anilines is 1. The second-order valence-corrected chi connectivity index (χ2v) is 10.5. The van der Waals surface area contributed by atoms with Crippen LogP contribution in [-0.4, -0.2) is 50.3 Å². The van der Waals surface area contributed by atoms with Crippen LogP contribution in [0.15, 0.2) is 52.2 Å². The molecule has 1 aliphatic heterocycles. The van der Waals surface area contributed by atoms with Crippen LogP contribution in [0, 0.1) is 0 Å². The number of hydrogen-bond donors (Lipinski definition) is 2. The predicted octanol–water partition coefficient (Wildman–Crippen LogP) is 2.87. The van der Waals surface area contributed by atoms with Gasteiger partial charge in [0.25, 0.3) is 5.91 Å². The average Bonchev–Trinajstić information content (AvgIpc) is 2.82. The fourth-order valence-electron chi connectivity index (χ4n) is 4.52. The molecular weight excluding hydrogens is 452 g/mol. The van der Waals surface area contributed by atoms with Gasteiger partial charge >= 0.3 is 0 Å². The smallest absolute Gasteiger partial charge is 0.252 e. The molecule has 2 N–H and O–H groups in total. The zero-order chi connectivity index (χ0) is 24.5. The second kappa shape index (κ2) is 9.60. The summed E-state index contributed by atoms with van der Waals surface area (Å²) in [4.78, 5) is 30.3. The number of aromatic amines is 1. The van der Waals surface area contributed by atoms with Crippen molar-refractivity contribution in [2.45, 2.75) is 38.1 Å². The molecule has 0 atom stereocenters. The summed E-state index contributed by atoms with van der Waals surface area (Å²) < 4.78 is 27.3. The highest BCUT2D eigenvalue weighted by Crippen LogP contribution is 2.27. The van der Waals surface area contributed by atoms with E-state index in [0.717, 1.165) is 24.9 Å². The van der Waals surface area contributed by atoms with Gasteiger partial charge in [0.15, 0.2) is 0 Å². The summed E-state index contributed by atoms with van der Waals surface area (Å²) in [7, 11) is -1.63. The van der Waals surface area contributed by atoms with Crippen LogP contribution in [0.1, 0.15) is 41.8 Å². The lowest BCUT2D eigenvalue weighted by atomic mass is 9.99. The molecule has 0 spiro atoms. The number of rotatable bonds is 7. The van der Waals surface area contributed by atoms with Gasteiger partial charge in [0.2, 0.25) is 15.6 Å². The van der Waals surface area contributed by atoms with E-state index in [1.54, 1.807) is 13.8 Å². The molecule has 2 heterocycles. The monoisotopic (exact) mass is 482 g/mol. The number of sulfonamides is 1. The molecule has 0 unspecified atom stereocenters. The van der Waals surface area contributed by atoms with Gasteiger partial charge in [-0.25, -0.2) is 8.42 Å². The lowest BCUT2D eigenvalue weighted by Crippen LogP contribution is -2.30. The summed E-state index contributed by atoms with van der Waals surface area (Å²) in [6, 6.07) is 11.8. The number of nitrogens with zero attached hydrogens (tertiary/aromatic N) is 2. The zero-order valence-corrected chi connectivity index (χ0v) is 20.5. The van der Waals surface area contributed by atoms with E-state index in [4.69, 9.17) is 0 Å². The first-order chi connectivity index (χ1) is 16.2. The zero-order valence-electron chi connectivity index (χ0n) is 19.7. The average molecular weight is 483 g/mol. The Morgan fingerprint density at radius 2 is 1.88 bits per heavy atom. The number of benzene rings is 2. The predicted molar refractivity (Wildman–Crippen MR) is 134 cm³/mol. The van der Waals surface area contributed by atoms with Crippen molar-refractivity contribution in [1.82, 2.24) is 14.6 Å². The van der Waals surface area contributed by atoms with E-state index >= 15 is 0 Å². The number of hydrogen-bond acceptors (Lipinski definition) is 5. The van der Waals surface area contributed by atoms with Crippen molar-refractivity contribution in [3.8, 4) is 0 Å². The second-order valence-electron chi connectivity index (χ2n) is 8.51. The molecule has 3 aromatic rings. The van der Waals surface area contributed by atoms with E-state index in [0.29, 0.717) is 30.5 Å². The molecule has 180 valence electrons. The molecule has 0 fully saturated rings. The molecule has 1 aromatic heterocycles. The number of nitrogens with one attached hydrogen (secondary N) is 2. The highest BCUT2D eigenvalue weighted by Gasteiger charge is 2.23. The Labute approximate surface area is 199 Å². The van der Waals surface area contributed by atoms with Crippen molar-refractivity contribution in [2.24, 2.45) is 0 Å². The van der Waals surface area contributed by atoms with Crippen molar-refractivity contribution >= 4 is 32.5 Å². The van der Waals surface area contributed by atoms with Crippen LogP contribution in [0.4, 0.5) is 5.69 Å². The lowest BCUT2D eigenvalue weighted by molar-refractivity contribution is 0.0952. The van der Waals surface area contributed by atoms with Crippen molar-refractivity contribution < 1.29 is 13.2 Å². The van der Waals surface area contributed by atoms with Gasteiger partial charge in [-0.1, -0.05) is 26.0 Å². The minimum Gasteiger partial charge on any atom is -0.374 e. The Balaban J connectivity index is 1.64. The van der Waals surface area contributed by atoms with Crippen molar-refractivity contribution in [2.75, 3.05) is 31.6 Å². The summed E-state index contributed by atoms with van der Waals surface area (Å²) in [6.07, 6.45) is 2.10. The van der Waals surface area contributed by atoms with Crippen LogP contribution in [0.25, 0.3) is 10.9 Å². The molecule has 0 radical (unpaired) electrons. The normalized spacial score (nSPS) is 13.8. The minimum atomic E-state index is -3.71. The van der Waals surface area contributed by atoms with Crippen LogP contribution in [0.2, 0.25) is 0 Å². The first-order valence-electron chi connectivity index (χ1n) is 11.5. The molecule has 0 saturated heterocycles. The summed E-state index contributed by atoms with van der Waals surface area (Å²) in [5, 5.41) is 3.28. The van der Waals surface area contributed by atoms with Gasteiger partial charge < -0.3 is 15.2 Å². The van der Waals surface area contributed by atoms with E-state index in [-0.39, 0.29) is 10.5 Å². The number of aryl methyl sites for hydroxylation is 1. The van der Waals surface area contributed by atoms with E-state index in [2.05, 4.69) is 34.4 Å². The summed E-state index contributed by atoms with van der Waals surface area (Å²) >= 11 is 0. The Morgan fingerprint density at radius 3 is 2.62 bits per heavy atom. The molecule has 0 saturated carbocycles. The number of carbonyl (C=O) groups is 1. The third-order valence-corrected chi connectivity index (χ3v) is 8.40. The summed E-state index contributed by atoms with van der Waals surface area (Å²) in [6.45, 7) is 5.57. The topological polar surface area (TPSA) is 103 Å². The van der Waals surface area contributed by atoms with Crippen LogP contribution in [0.3, 0.4) is 0 Å². The standard InChI is InChI=1S/C25H30N4O4S/c1-4-29(5-2)34(32,33)19-9-10-22-20(14-19)21(15-24(30)27-22)25(31)26-16-17-8-11-23-18(13-17)7-6-12-28(23)3/h8-11,13-15H,4-7,12,16H2,1-3H3,(H,26,31)(H,27,30). The van der Waals surface area contributed by atoms with Gasteiger partial charge in [0, 0.05) is 55.9 Å². The molecule has 0 bridgehead atoms. The van der Waals surface area contributed by atoms with Gasteiger partial charge in [-0.3, -0.25) is 9.59 Å². The number of fused-ring (bicyclic) bond motifs is 2. The Bertz CT molecular complexity index is 1390. The van der Waals surface area contributed by atoms with Gasteiger partial charge in [-0.2, -0.15) is 4.31 Å². The Morgan fingerprint density at radius 1 is 1.12 bits per heavy atom. The van der Waals surface area contributed by atoms with E-state index < -0.39 is 21.5 Å². The van der Waals surface area contributed by atoms with Gasteiger partial charge in [0.1, 0.15) is 0 Å². The molecule has 1 aliphatic rings. The third-order valence-electron chi connectivity index (χ3n) is 6.35. The molecule has 2 aromatic carbocycles. The fraction of sp³-hybridized carbons (Fsp3) is 0.360. The van der Waals surface area contributed by atoms with Gasteiger partial charge in [-0.05, 0) is 48.2 Å². The van der Waals surface area contributed by atoms with Crippen molar-refractivity contribution in [3.63, 3.8) is 0 Å². The molecule has 0 aliphatic carbocycles. The first kappa shape index (κ1) is 24.0. The lowest BCUT2D eigenvalue weighted by Gasteiger charge is -2.27. The molecule has 1 amide bonds. The fourth-order valence-corrected chi connectivity index (χ4v) is 6.00. The maximum atomic E-state index is 13.1. The van der Waals surface area contributed by atoms with Gasteiger partial charge in [-0.15, -0.1) is 0 Å². The maximum absolute atomic E-state index is 13.1. The highest BCUT2D eigenvalue weighted by molar-refractivity contribution is 7.89. The Kier molecular flexibility index (Phi) is 6.77. The van der Waals surface area contributed by atoms with Crippen LogP contribution >= 0.6 is 0 Å². The number of aromatic nitrogens is 1. The quantitative estimate of drug-likeness (QED) is 0.539. The Hall–Kier alpha value is -3.17. The van der Waals surface area contributed by atoms with Crippen molar-refractivity contribution in [3.05, 3.63) is 69.5 Å². The molecular formula is C25H30N4O4S.